The summed E-state index contributed by atoms with van der Waals surface area (Å²) >= 11 is 0. The third-order valence-electron chi connectivity index (χ3n) is 4.74. The van der Waals surface area contributed by atoms with E-state index in [2.05, 4.69) is 0 Å². The average Bonchev–Trinajstić information content (AvgIpc) is 2.93. The molecule has 4 rings (SSSR count). The van der Waals surface area contributed by atoms with E-state index in [4.69, 9.17) is 18.7 Å². The summed E-state index contributed by atoms with van der Waals surface area (Å²) in [6, 6.07) is 11.8. The van der Waals surface area contributed by atoms with Crippen LogP contribution in [-0.4, -0.2) is 23.3 Å². The van der Waals surface area contributed by atoms with Crippen LogP contribution in [0.25, 0.3) is 22.1 Å². The van der Waals surface area contributed by atoms with Crippen LogP contribution in [0.5, 0.6) is 0 Å². The topological polar surface area (TPSA) is 44.5 Å². The molecule has 0 atom stereocenters. The lowest BCUT2D eigenvalue weighted by Crippen LogP contribution is -2.41. The fourth-order valence-electron chi connectivity index (χ4n) is 2.70. The number of fused-ring (bicyclic) bond motifs is 3. The molecule has 2 aromatic heterocycles. The van der Waals surface area contributed by atoms with Gasteiger partial charge in [-0.25, -0.2) is 0 Å². The van der Waals surface area contributed by atoms with Gasteiger partial charge in [0.1, 0.15) is 11.1 Å². The van der Waals surface area contributed by atoms with E-state index in [0.717, 1.165) is 27.7 Å². The van der Waals surface area contributed by atoms with Gasteiger partial charge in [0.05, 0.1) is 16.8 Å². The molecular weight excluding hydrogens is 277 g/mol. The monoisotopic (exact) mass is 295 g/mol. The minimum atomic E-state index is -0.455. The number of hydrogen-bond donors (Lipinski definition) is 0. The number of pyridine rings is 1. The molecule has 0 saturated carbocycles. The number of nitrogens with zero attached hydrogens (tertiary/aromatic N) is 1. The van der Waals surface area contributed by atoms with Crippen molar-refractivity contribution in [3.05, 3.63) is 36.4 Å². The summed E-state index contributed by atoms with van der Waals surface area (Å²) in [6.45, 7) is 8.16. The second-order valence-corrected chi connectivity index (χ2v) is 6.77. The molecule has 3 heterocycles. The molecule has 22 heavy (non-hydrogen) atoms. The van der Waals surface area contributed by atoms with E-state index in [1.54, 1.807) is 0 Å². The summed E-state index contributed by atoms with van der Waals surface area (Å²) in [5.74, 6) is 0. The molecule has 0 spiro atoms. The van der Waals surface area contributed by atoms with Crippen molar-refractivity contribution in [2.45, 2.75) is 38.9 Å². The predicted molar refractivity (Wildman–Crippen MR) is 87.2 cm³/mol. The average molecular weight is 295 g/mol. The van der Waals surface area contributed by atoms with Crippen LogP contribution < -0.4 is 5.59 Å². The molecule has 1 aromatic carbocycles. The Bertz CT molecular complexity index is 853. The molecule has 1 aliphatic heterocycles. The van der Waals surface area contributed by atoms with Gasteiger partial charge in [-0.3, -0.25) is 4.98 Å². The number of furan rings is 1. The lowest BCUT2D eigenvalue weighted by molar-refractivity contribution is 0.00578. The zero-order valence-corrected chi connectivity index (χ0v) is 13.2. The fraction of sp³-hybridized carbons (Fsp3) is 0.353. The van der Waals surface area contributed by atoms with Crippen molar-refractivity contribution in [2.24, 2.45) is 0 Å². The number of hydrogen-bond acceptors (Lipinski definition) is 4. The minimum absolute atomic E-state index is 0.368. The molecule has 1 aliphatic rings. The maximum absolute atomic E-state index is 6.07. The van der Waals surface area contributed by atoms with E-state index >= 15 is 0 Å². The van der Waals surface area contributed by atoms with Gasteiger partial charge in [-0.1, -0.05) is 12.1 Å². The van der Waals surface area contributed by atoms with Gasteiger partial charge in [0.25, 0.3) is 0 Å². The van der Waals surface area contributed by atoms with Crippen LogP contribution in [0.3, 0.4) is 0 Å². The summed E-state index contributed by atoms with van der Waals surface area (Å²) < 4.78 is 18.0. The van der Waals surface area contributed by atoms with E-state index in [1.807, 2.05) is 64.1 Å². The quantitative estimate of drug-likeness (QED) is 0.646. The molecule has 4 nitrogen and oxygen atoms in total. The largest absolute Gasteiger partial charge is 0.514 e. The maximum atomic E-state index is 6.07. The Morgan fingerprint density at radius 1 is 0.864 bits per heavy atom. The van der Waals surface area contributed by atoms with E-state index in [-0.39, 0.29) is 11.2 Å². The number of rotatable bonds is 1. The van der Waals surface area contributed by atoms with Crippen LogP contribution in [-0.2, 0) is 9.31 Å². The Kier molecular flexibility index (Phi) is 2.72. The van der Waals surface area contributed by atoms with Crippen molar-refractivity contribution >= 4 is 34.8 Å². The molecule has 0 unspecified atom stereocenters. The summed E-state index contributed by atoms with van der Waals surface area (Å²) in [7, 11) is -0.455. The summed E-state index contributed by atoms with van der Waals surface area (Å²) in [4.78, 5) is 4.73. The molecule has 0 amide bonds. The SMILES string of the molecule is CC1(C)OB(c2ccc3oc4ccccc4c3n2)OC1(C)C. The Morgan fingerprint density at radius 2 is 1.55 bits per heavy atom. The first-order valence-electron chi connectivity index (χ1n) is 7.51. The molecule has 112 valence electrons. The molecular formula is C17H18BNO3. The third kappa shape index (κ3) is 1.89. The van der Waals surface area contributed by atoms with E-state index in [0.29, 0.717) is 0 Å². The van der Waals surface area contributed by atoms with Gasteiger partial charge in [0.2, 0.25) is 0 Å². The van der Waals surface area contributed by atoms with E-state index in [1.165, 1.54) is 0 Å². The first kappa shape index (κ1) is 13.8. The molecule has 0 radical (unpaired) electrons. The highest BCUT2D eigenvalue weighted by Gasteiger charge is 2.52. The first-order chi connectivity index (χ1) is 10.4. The zero-order valence-electron chi connectivity index (χ0n) is 13.2. The van der Waals surface area contributed by atoms with Crippen LogP contribution >= 0.6 is 0 Å². The summed E-state index contributed by atoms with van der Waals surface area (Å²) in [5.41, 5.74) is 2.51. The van der Waals surface area contributed by atoms with Crippen LogP contribution in [0.4, 0.5) is 0 Å². The van der Waals surface area contributed by atoms with Gasteiger partial charge in [0, 0.05) is 5.39 Å². The highest BCUT2D eigenvalue weighted by atomic mass is 16.7. The Hall–Kier alpha value is -1.85. The standard InChI is InChI=1S/C17H18BNO3/c1-16(2)17(3,4)22-18(21-16)14-10-9-13-15(19-14)11-7-5-6-8-12(11)20-13/h5-10H,1-4H3. The van der Waals surface area contributed by atoms with Crippen molar-refractivity contribution in [3.8, 4) is 0 Å². The number of aromatic nitrogens is 1. The predicted octanol–water partition coefficient (Wildman–Crippen LogP) is 3.28. The molecule has 1 fully saturated rings. The molecule has 0 N–H and O–H groups in total. The highest BCUT2D eigenvalue weighted by molar-refractivity contribution is 6.61. The zero-order chi connectivity index (χ0) is 15.5. The number of benzene rings is 1. The first-order valence-corrected chi connectivity index (χ1v) is 7.51. The smallest absolute Gasteiger partial charge is 0.454 e. The van der Waals surface area contributed by atoms with Crippen LogP contribution in [0, 0.1) is 0 Å². The van der Waals surface area contributed by atoms with Gasteiger partial charge in [0.15, 0.2) is 5.58 Å². The Labute approximate surface area is 129 Å². The van der Waals surface area contributed by atoms with Crippen LogP contribution in [0.2, 0.25) is 0 Å². The molecule has 0 bridgehead atoms. The Morgan fingerprint density at radius 3 is 2.27 bits per heavy atom. The fourth-order valence-corrected chi connectivity index (χ4v) is 2.70. The van der Waals surface area contributed by atoms with Gasteiger partial charge in [-0.15, -0.1) is 0 Å². The van der Waals surface area contributed by atoms with Gasteiger partial charge >= 0.3 is 7.12 Å². The Balaban J connectivity index is 1.82. The van der Waals surface area contributed by atoms with Crippen LogP contribution in [0.15, 0.2) is 40.8 Å². The highest BCUT2D eigenvalue weighted by Crippen LogP contribution is 2.36. The van der Waals surface area contributed by atoms with Crippen molar-refractivity contribution in [2.75, 3.05) is 0 Å². The van der Waals surface area contributed by atoms with E-state index < -0.39 is 7.12 Å². The number of para-hydroxylation sites is 1. The van der Waals surface area contributed by atoms with Gasteiger partial charge < -0.3 is 13.7 Å². The molecule has 1 saturated heterocycles. The second kappa shape index (κ2) is 4.34. The third-order valence-corrected chi connectivity index (χ3v) is 4.74. The van der Waals surface area contributed by atoms with Crippen molar-refractivity contribution in [1.29, 1.82) is 0 Å². The van der Waals surface area contributed by atoms with Crippen molar-refractivity contribution in [3.63, 3.8) is 0 Å². The van der Waals surface area contributed by atoms with E-state index in [9.17, 15) is 0 Å². The van der Waals surface area contributed by atoms with Crippen LogP contribution in [0.1, 0.15) is 27.7 Å². The second-order valence-electron chi connectivity index (χ2n) is 6.77. The van der Waals surface area contributed by atoms with Crippen molar-refractivity contribution in [1.82, 2.24) is 4.98 Å². The van der Waals surface area contributed by atoms with Gasteiger partial charge in [-0.2, -0.15) is 0 Å². The van der Waals surface area contributed by atoms with Crippen molar-refractivity contribution < 1.29 is 13.7 Å². The lowest BCUT2D eigenvalue weighted by Gasteiger charge is -2.32. The normalized spacial score (nSPS) is 20.1. The molecule has 5 heteroatoms. The molecule has 0 aliphatic carbocycles. The molecule has 3 aromatic rings. The maximum Gasteiger partial charge on any atom is 0.514 e. The summed E-state index contributed by atoms with van der Waals surface area (Å²) in [6.07, 6.45) is 0. The van der Waals surface area contributed by atoms with Gasteiger partial charge in [-0.05, 0) is 52.0 Å². The lowest BCUT2D eigenvalue weighted by atomic mass is 9.84. The minimum Gasteiger partial charge on any atom is -0.454 e. The summed E-state index contributed by atoms with van der Waals surface area (Å²) in [5, 5.41) is 1.01.